The van der Waals surface area contributed by atoms with Gasteiger partial charge < -0.3 is 9.80 Å². The zero-order valence-electron chi connectivity index (χ0n) is 12.2. The molecular weight excluding hydrogens is 220 g/mol. The molecule has 2 aliphatic carbocycles. The normalized spacial score (nSPS) is 43.2. The molecule has 3 rings (SSSR count). The Bertz CT molecular complexity index is 252. The Kier molecular flexibility index (Phi) is 4.25. The molecule has 2 N–H and O–H groups in total. The number of hydrogen-bond acceptors (Lipinski definition) is 0. The molecule has 1 saturated heterocycles. The highest BCUT2D eigenvalue weighted by Crippen LogP contribution is 2.22. The van der Waals surface area contributed by atoms with Crippen molar-refractivity contribution in [2.24, 2.45) is 5.92 Å². The molecule has 0 amide bonds. The Hall–Kier alpha value is -0.0800. The maximum Gasteiger partial charge on any atom is 0.127 e. The Labute approximate surface area is 113 Å². The van der Waals surface area contributed by atoms with Gasteiger partial charge >= 0.3 is 0 Å². The summed E-state index contributed by atoms with van der Waals surface area (Å²) >= 11 is 0. The van der Waals surface area contributed by atoms with Gasteiger partial charge in [0.1, 0.15) is 26.2 Å². The Morgan fingerprint density at radius 1 is 0.667 bits per heavy atom. The van der Waals surface area contributed by atoms with Crippen LogP contribution in [-0.2, 0) is 0 Å². The van der Waals surface area contributed by atoms with E-state index in [1.165, 1.54) is 77.5 Å². The van der Waals surface area contributed by atoms with Crippen molar-refractivity contribution in [3.63, 3.8) is 0 Å². The van der Waals surface area contributed by atoms with E-state index in [1.807, 2.05) is 9.80 Å². The van der Waals surface area contributed by atoms with E-state index in [1.54, 1.807) is 0 Å². The molecule has 1 aliphatic heterocycles. The Morgan fingerprint density at radius 3 is 1.83 bits per heavy atom. The molecule has 3 fully saturated rings. The maximum atomic E-state index is 2.46. The fraction of sp³-hybridized carbons (Fsp3) is 1.00. The van der Waals surface area contributed by atoms with Crippen LogP contribution in [0, 0.1) is 5.92 Å². The van der Waals surface area contributed by atoms with E-state index in [-0.39, 0.29) is 0 Å². The van der Waals surface area contributed by atoms with Gasteiger partial charge in [0.2, 0.25) is 0 Å². The smallest absolute Gasteiger partial charge is 0.127 e. The molecule has 2 heteroatoms. The van der Waals surface area contributed by atoms with E-state index < -0.39 is 0 Å². The van der Waals surface area contributed by atoms with Gasteiger partial charge in [-0.1, -0.05) is 13.3 Å². The highest BCUT2D eigenvalue weighted by Gasteiger charge is 2.35. The highest BCUT2D eigenvalue weighted by molar-refractivity contribution is 4.70. The van der Waals surface area contributed by atoms with Crippen molar-refractivity contribution in [1.29, 1.82) is 0 Å². The number of rotatable bonds is 2. The minimum atomic E-state index is 0.997. The number of nitrogens with one attached hydrogen (secondary N) is 2. The average Bonchev–Trinajstić information content (AvgIpc) is 2.93. The van der Waals surface area contributed by atoms with Gasteiger partial charge in [0, 0.05) is 6.42 Å². The molecule has 0 spiro atoms. The molecule has 3 aliphatic rings. The average molecular weight is 252 g/mol. The lowest BCUT2D eigenvalue weighted by atomic mass is 9.86. The van der Waals surface area contributed by atoms with Crippen LogP contribution in [0.5, 0.6) is 0 Å². The van der Waals surface area contributed by atoms with Crippen LogP contribution in [-0.4, -0.2) is 38.3 Å². The zero-order valence-corrected chi connectivity index (χ0v) is 12.2. The third kappa shape index (κ3) is 2.91. The van der Waals surface area contributed by atoms with Crippen molar-refractivity contribution in [2.45, 2.75) is 70.4 Å². The van der Waals surface area contributed by atoms with Crippen LogP contribution in [0.2, 0.25) is 0 Å². The minimum Gasteiger partial charge on any atom is -0.323 e. The molecule has 2 nitrogen and oxygen atoms in total. The zero-order chi connectivity index (χ0) is 12.4. The summed E-state index contributed by atoms with van der Waals surface area (Å²) in [5.41, 5.74) is 0. The van der Waals surface area contributed by atoms with Crippen LogP contribution < -0.4 is 9.80 Å². The van der Waals surface area contributed by atoms with E-state index >= 15 is 0 Å². The molecule has 2 saturated carbocycles. The first-order valence-electron chi connectivity index (χ1n) is 8.52. The summed E-state index contributed by atoms with van der Waals surface area (Å²) in [6.07, 6.45) is 12.1. The van der Waals surface area contributed by atoms with Gasteiger partial charge in [-0.25, -0.2) is 0 Å². The molecule has 0 radical (unpaired) electrons. The lowest BCUT2D eigenvalue weighted by Gasteiger charge is -2.39. The van der Waals surface area contributed by atoms with Crippen LogP contribution in [0.4, 0.5) is 0 Å². The number of quaternary nitrogens is 2. The van der Waals surface area contributed by atoms with Crippen molar-refractivity contribution in [3.05, 3.63) is 0 Å². The second-order valence-electron chi connectivity index (χ2n) is 7.27. The second-order valence-corrected chi connectivity index (χ2v) is 7.27. The highest BCUT2D eigenvalue weighted by atomic mass is 15.3. The number of piperazine rings is 1. The molecule has 0 aromatic heterocycles. The monoisotopic (exact) mass is 252 g/mol. The third-order valence-electron chi connectivity index (χ3n) is 5.98. The summed E-state index contributed by atoms with van der Waals surface area (Å²) in [5.74, 6) is 0.997. The molecule has 2 atom stereocenters. The van der Waals surface area contributed by atoms with Crippen molar-refractivity contribution in [3.8, 4) is 0 Å². The Balaban J connectivity index is 1.47. The van der Waals surface area contributed by atoms with Crippen LogP contribution in [0.25, 0.3) is 0 Å². The summed E-state index contributed by atoms with van der Waals surface area (Å²) in [6.45, 7) is 8.31. The molecule has 0 aromatic carbocycles. The van der Waals surface area contributed by atoms with Crippen molar-refractivity contribution in [2.75, 3.05) is 26.2 Å². The van der Waals surface area contributed by atoms with Crippen molar-refractivity contribution in [1.82, 2.24) is 0 Å². The first kappa shape index (κ1) is 12.9. The first-order chi connectivity index (χ1) is 8.83. The van der Waals surface area contributed by atoms with Gasteiger partial charge in [0.25, 0.3) is 0 Å². The molecule has 0 bridgehead atoms. The Morgan fingerprint density at radius 2 is 1.22 bits per heavy atom. The lowest BCUT2D eigenvalue weighted by molar-refractivity contribution is -1.03. The predicted octanol–water partition coefficient (Wildman–Crippen LogP) is 0.291. The fourth-order valence-corrected chi connectivity index (χ4v) is 4.85. The van der Waals surface area contributed by atoms with E-state index in [0.717, 1.165) is 18.0 Å². The largest absolute Gasteiger partial charge is 0.323 e. The molecule has 18 heavy (non-hydrogen) atoms. The second kappa shape index (κ2) is 5.92. The minimum absolute atomic E-state index is 0.997. The van der Waals surface area contributed by atoms with E-state index in [0.29, 0.717) is 0 Å². The van der Waals surface area contributed by atoms with Gasteiger partial charge in [-0.05, 0) is 44.4 Å². The molecule has 0 aromatic rings. The van der Waals surface area contributed by atoms with Crippen LogP contribution in [0.1, 0.15) is 58.3 Å². The van der Waals surface area contributed by atoms with Gasteiger partial charge in [-0.2, -0.15) is 0 Å². The lowest BCUT2D eigenvalue weighted by Crippen LogP contribution is -3.31. The molecular formula is C16H32N2+2. The summed E-state index contributed by atoms with van der Waals surface area (Å²) in [5, 5.41) is 0. The summed E-state index contributed by atoms with van der Waals surface area (Å²) in [6, 6.07) is 2.05. The predicted molar refractivity (Wildman–Crippen MR) is 75.1 cm³/mol. The molecule has 1 heterocycles. The maximum absolute atomic E-state index is 2.46. The van der Waals surface area contributed by atoms with Gasteiger partial charge in [0.05, 0.1) is 12.1 Å². The van der Waals surface area contributed by atoms with Gasteiger partial charge in [-0.15, -0.1) is 0 Å². The van der Waals surface area contributed by atoms with Gasteiger partial charge in [-0.3, -0.25) is 0 Å². The van der Waals surface area contributed by atoms with E-state index in [4.69, 9.17) is 0 Å². The SMILES string of the molecule is C[C@@H]1CCC[C@H]([NH+]2CC[NH+](C3CCCC3)CC2)C1. The summed E-state index contributed by atoms with van der Waals surface area (Å²) < 4.78 is 0. The van der Waals surface area contributed by atoms with Crippen molar-refractivity contribution >= 4 is 0 Å². The third-order valence-corrected chi connectivity index (χ3v) is 5.98. The van der Waals surface area contributed by atoms with E-state index in [9.17, 15) is 0 Å². The standard InChI is InChI=1S/C16H30N2/c1-14-5-4-8-16(13-14)18-11-9-17(10-12-18)15-6-2-3-7-15/h14-16H,2-13H2,1H3/p+2/t14-,16+/m1/s1. The summed E-state index contributed by atoms with van der Waals surface area (Å²) in [7, 11) is 0. The van der Waals surface area contributed by atoms with Crippen LogP contribution >= 0.6 is 0 Å². The topological polar surface area (TPSA) is 8.88 Å². The fourth-order valence-electron chi connectivity index (χ4n) is 4.85. The summed E-state index contributed by atoms with van der Waals surface area (Å²) in [4.78, 5) is 3.92. The molecule has 104 valence electrons. The molecule has 0 unspecified atom stereocenters. The quantitative estimate of drug-likeness (QED) is 0.699. The van der Waals surface area contributed by atoms with Crippen LogP contribution in [0.15, 0.2) is 0 Å². The van der Waals surface area contributed by atoms with Crippen LogP contribution in [0.3, 0.4) is 0 Å². The van der Waals surface area contributed by atoms with E-state index in [2.05, 4.69) is 6.92 Å². The van der Waals surface area contributed by atoms with Gasteiger partial charge in [0.15, 0.2) is 0 Å². The number of hydrogen-bond donors (Lipinski definition) is 2. The van der Waals surface area contributed by atoms with Crippen molar-refractivity contribution < 1.29 is 9.80 Å². The first-order valence-corrected chi connectivity index (χ1v) is 8.52.